The number of benzene rings is 2. The van der Waals surface area contributed by atoms with Crippen LogP contribution in [0.1, 0.15) is 62.1 Å². The van der Waals surface area contributed by atoms with Crippen LogP contribution in [0.5, 0.6) is 0 Å². The standard InChI is InChI=1S/C24H26F6O/c1-3-7-16-14-20(21(2,15-16)18-8-5-4-6-9-18)17-10-12-19(13-11-17)22(31,23(25,26)27)24(28,29)30/h4-6,8-13,16,20,31H,3,7,14-15H2,1-2H3/t16?,20-,21+/m0/s1. The van der Waals surface area contributed by atoms with Crippen LogP contribution < -0.4 is 0 Å². The summed E-state index contributed by atoms with van der Waals surface area (Å²) in [7, 11) is 0. The lowest BCUT2D eigenvalue weighted by atomic mass is 9.71. The average Bonchev–Trinajstić information content (AvgIpc) is 3.04. The number of rotatable bonds is 5. The van der Waals surface area contributed by atoms with Gasteiger partial charge in [0.15, 0.2) is 0 Å². The molecule has 0 heterocycles. The summed E-state index contributed by atoms with van der Waals surface area (Å²) in [6, 6.07) is 13.9. The zero-order valence-corrected chi connectivity index (χ0v) is 17.4. The molecule has 3 rings (SSSR count). The third-order valence-electron chi connectivity index (χ3n) is 6.73. The Morgan fingerprint density at radius 3 is 1.94 bits per heavy atom. The predicted octanol–water partition coefficient (Wildman–Crippen LogP) is 7.25. The van der Waals surface area contributed by atoms with Crippen LogP contribution in [0.15, 0.2) is 54.6 Å². The molecular weight excluding hydrogens is 418 g/mol. The molecule has 0 aromatic heterocycles. The number of alkyl halides is 6. The van der Waals surface area contributed by atoms with E-state index in [4.69, 9.17) is 0 Å². The molecule has 0 radical (unpaired) electrons. The highest BCUT2D eigenvalue weighted by molar-refractivity contribution is 5.38. The SMILES string of the molecule is CCCC1C[C@@H](c2ccc(C(O)(C(F)(F)F)C(F)(F)F)cc2)[C@@](C)(c2ccccc2)C1. The first-order valence-corrected chi connectivity index (χ1v) is 10.4. The second-order valence-electron chi connectivity index (χ2n) is 8.76. The molecule has 1 unspecified atom stereocenters. The van der Waals surface area contributed by atoms with Gasteiger partial charge in [-0.15, -0.1) is 0 Å². The Hall–Kier alpha value is -2.02. The van der Waals surface area contributed by atoms with Crippen molar-refractivity contribution in [3.05, 3.63) is 71.3 Å². The Balaban J connectivity index is 2.02. The molecule has 0 amide bonds. The van der Waals surface area contributed by atoms with E-state index in [9.17, 15) is 31.4 Å². The van der Waals surface area contributed by atoms with Crippen LogP contribution in [-0.4, -0.2) is 17.5 Å². The van der Waals surface area contributed by atoms with Gasteiger partial charge in [-0.3, -0.25) is 0 Å². The molecule has 1 fully saturated rings. The van der Waals surface area contributed by atoms with Gasteiger partial charge in [0.1, 0.15) is 0 Å². The van der Waals surface area contributed by atoms with E-state index in [1.165, 1.54) is 12.1 Å². The minimum Gasteiger partial charge on any atom is -0.369 e. The summed E-state index contributed by atoms with van der Waals surface area (Å²) in [4.78, 5) is 0. The quantitative estimate of drug-likeness (QED) is 0.482. The highest BCUT2D eigenvalue weighted by Gasteiger charge is 2.71. The van der Waals surface area contributed by atoms with Crippen molar-refractivity contribution in [3.63, 3.8) is 0 Å². The molecule has 2 aromatic carbocycles. The maximum atomic E-state index is 13.2. The molecule has 31 heavy (non-hydrogen) atoms. The van der Waals surface area contributed by atoms with E-state index in [0.29, 0.717) is 11.5 Å². The monoisotopic (exact) mass is 444 g/mol. The van der Waals surface area contributed by atoms with Crippen LogP contribution in [0, 0.1) is 5.92 Å². The fourth-order valence-electron chi connectivity index (χ4n) is 5.13. The number of halogens is 6. The van der Waals surface area contributed by atoms with Gasteiger partial charge in [0.25, 0.3) is 5.60 Å². The summed E-state index contributed by atoms with van der Waals surface area (Å²) < 4.78 is 79.2. The van der Waals surface area contributed by atoms with Crippen molar-refractivity contribution >= 4 is 0 Å². The molecule has 1 aliphatic rings. The van der Waals surface area contributed by atoms with Gasteiger partial charge in [-0.05, 0) is 41.2 Å². The summed E-state index contributed by atoms with van der Waals surface area (Å²) in [5.41, 5.74) is -4.62. The van der Waals surface area contributed by atoms with Crippen molar-refractivity contribution in [2.24, 2.45) is 5.92 Å². The highest BCUT2D eigenvalue weighted by Crippen LogP contribution is 2.55. The Morgan fingerprint density at radius 1 is 0.903 bits per heavy atom. The fourth-order valence-corrected chi connectivity index (χ4v) is 5.13. The van der Waals surface area contributed by atoms with Gasteiger partial charge in [0, 0.05) is 5.56 Å². The highest BCUT2D eigenvalue weighted by atomic mass is 19.4. The topological polar surface area (TPSA) is 20.2 Å². The van der Waals surface area contributed by atoms with Gasteiger partial charge >= 0.3 is 12.4 Å². The molecule has 0 aliphatic heterocycles. The first-order chi connectivity index (χ1) is 14.3. The Bertz CT molecular complexity index is 858. The Labute approximate surface area is 178 Å². The van der Waals surface area contributed by atoms with Crippen LogP contribution in [0.3, 0.4) is 0 Å². The van der Waals surface area contributed by atoms with Crippen LogP contribution >= 0.6 is 0 Å². The zero-order chi connectivity index (χ0) is 23.1. The van der Waals surface area contributed by atoms with Gasteiger partial charge in [0.05, 0.1) is 0 Å². The van der Waals surface area contributed by atoms with E-state index in [1.807, 2.05) is 30.3 Å². The maximum Gasteiger partial charge on any atom is 0.430 e. The molecule has 1 aliphatic carbocycles. The summed E-state index contributed by atoms with van der Waals surface area (Å²) in [6.07, 6.45) is -8.05. The van der Waals surface area contributed by atoms with E-state index < -0.39 is 23.5 Å². The summed E-state index contributed by atoms with van der Waals surface area (Å²) in [5, 5.41) is 9.65. The molecule has 170 valence electrons. The molecule has 0 saturated heterocycles. The van der Waals surface area contributed by atoms with Crippen molar-refractivity contribution in [1.82, 2.24) is 0 Å². The van der Waals surface area contributed by atoms with Gasteiger partial charge < -0.3 is 5.11 Å². The fraction of sp³-hybridized carbons (Fsp3) is 0.500. The molecule has 7 heteroatoms. The largest absolute Gasteiger partial charge is 0.430 e. The molecule has 3 atom stereocenters. The van der Waals surface area contributed by atoms with Crippen molar-refractivity contribution in [1.29, 1.82) is 0 Å². The third-order valence-corrected chi connectivity index (χ3v) is 6.73. The lowest BCUT2D eigenvalue weighted by Crippen LogP contribution is -2.53. The smallest absolute Gasteiger partial charge is 0.369 e. The summed E-state index contributed by atoms with van der Waals surface area (Å²) >= 11 is 0. The normalized spacial score (nSPS) is 25.1. The number of hydrogen-bond acceptors (Lipinski definition) is 1. The lowest BCUT2D eigenvalue weighted by Gasteiger charge is -2.34. The van der Waals surface area contributed by atoms with Crippen LogP contribution in [0.4, 0.5) is 26.3 Å². The van der Waals surface area contributed by atoms with Gasteiger partial charge in [-0.1, -0.05) is 81.3 Å². The zero-order valence-electron chi connectivity index (χ0n) is 17.4. The second-order valence-corrected chi connectivity index (χ2v) is 8.76. The van der Waals surface area contributed by atoms with E-state index in [0.717, 1.165) is 43.4 Å². The van der Waals surface area contributed by atoms with Gasteiger partial charge in [0.2, 0.25) is 0 Å². The summed E-state index contributed by atoms with van der Waals surface area (Å²) in [6.45, 7) is 4.20. The Kier molecular flexibility index (Phi) is 6.22. The van der Waals surface area contributed by atoms with Gasteiger partial charge in [-0.2, -0.15) is 26.3 Å². The van der Waals surface area contributed by atoms with Crippen molar-refractivity contribution in [2.75, 3.05) is 0 Å². The molecule has 1 saturated carbocycles. The maximum absolute atomic E-state index is 13.2. The van der Waals surface area contributed by atoms with Crippen molar-refractivity contribution in [3.8, 4) is 0 Å². The Morgan fingerprint density at radius 2 is 1.45 bits per heavy atom. The van der Waals surface area contributed by atoms with E-state index >= 15 is 0 Å². The van der Waals surface area contributed by atoms with Crippen LogP contribution in [-0.2, 0) is 11.0 Å². The molecule has 1 nitrogen and oxygen atoms in total. The first-order valence-electron chi connectivity index (χ1n) is 10.4. The molecular formula is C24H26F6O. The minimum atomic E-state index is -5.88. The average molecular weight is 444 g/mol. The lowest BCUT2D eigenvalue weighted by molar-refractivity contribution is -0.376. The number of aliphatic hydroxyl groups is 1. The molecule has 1 N–H and O–H groups in total. The third kappa shape index (κ3) is 4.09. The molecule has 2 aromatic rings. The first kappa shape index (κ1) is 23.6. The van der Waals surface area contributed by atoms with E-state index in [2.05, 4.69) is 13.8 Å². The molecule has 0 spiro atoms. The number of hydrogen-bond donors (Lipinski definition) is 1. The summed E-state index contributed by atoms with van der Waals surface area (Å²) in [5.74, 6) is 0.368. The molecule has 0 bridgehead atoms. The van der Waals surface area contributed by atoms with Crippen molar-refractivity contribution in [2.45, 2.75) is 68.8 Å². The van der Waals surface area contributed by atoms with Crippen LogP contribution in [0.2, 0.25) is 0 Å². The van der Waals surface area contributed by atoms with Crippen LogP contribution in [0.25, 0.3) is 0 Å². The van der Waals surface area contributed by atoms with E-state index in [1.54, 1.807) is 0 Å². The van der Waals surface area contributed by atoms with Crippen molar-refractivity contribution < 1.29 is 31.4 Å². The predicted molar refractivity (Wildman–Crippen MR) is 107 cm³/mol. The second kappa shape index (κ2) is 8.15. The van der Waals surface area contributed by atoms with E-state index in [-0.39, 0.29) is 11.3 Å². The minimum absolute atomic E-state index is 0.0506. The van der Waals surface area contributed by atoms with Gasteiger partial charge in [-0.25, -0.2) is 0 Å².